The van der Waals surface area contributed by atoms with Crippen molar-refractivity contribution in [2.75, 3.05) is 10.6 Å². The number of sulfonamides is 1. The van der Waals surface area contributed by atoms with Crippen molar-refractivity contribution in [1.29, 1.82) is 0 Å². The third-order valence-corrected chi connectivity index (χ3v) is 5.79. The van der Waals surface area contributed by atoms with Crippen molar-refractivity contribution in [3.63, 3.8) is 0 Å². The van der Waals surface area contributed by atoms with E-state index in [0.717, 1.165) is 16.1 Å². The number of anilines is 1. The molecule has 2 aromatic carbocycles. The lowest BCUT2D eigenvalue weighted by atomic mass is 10.1. The van der Waals surface area contributed by atoms with Gasteiger partial charge in [0.05, 0.1) is 22.9 Å². The molecule has 0 bridgehead atoms. The van der Waals surface area contributed by atoms with Crippen LogP contribution in [0.5, 0.6) is 0 Å². The van der Waals surface area contributed by atoms with Gasteiger partial charge in [0.1, 0.15) is 6.04 Å². The van der Waals surface area contributed by atoms with Crippen LogP contribution in [0.1, 0.15) is 37.4 Å². The average Bonchev–Trinajstić information content (AvgIpc) is 2.66. The van der Waals surface area contributed by atoms with Crippen molar-refractivity contribution in [3.05, 3.63) is 69.8 Å². The molecule has 0 heterocycles. The molecule has 0 fully saturated rings. The predicted octanol–water partition coefficient (Wildman–Crippen LogP) is 3.33. The van der Waals surface area contributed by atoms with Gasteiger partial charge in [-0.2, -0.15) is 0 Å². The molecule has 0 saturated carbocycles. The molecule has 0 aliphatic carbocycles. The SMILES string of the molecule is CCC(C(=O)NC(C)c1ccccc1)N(c1cc([N+](=O)[O-])ccc1C)S(C)(=O)=O. The maximum Gasteiger partial charge on any atom is 0.271 e. The summed E-state index contributed by atoms with van der Waals surface area (Å²) in [5, 5.41) is 14.0. The van der Waals surface area contributed by atoms with Crippen LogP contribution in [0.2, 0.25) is 0 Å². The number of hydrogen-bond donors (Lipinski definition) is 1. The van der Waals surface area contributed by atoms with Crippen LogP contribution in [0.3, 0.4) is 0 Å². The van der Waals surface area contributed by atoms with Gasteiger partial charge in [0.25, 0.3) is 5.69 Å². The highest BCUT2D eigenvalue weighted by Crippen LogP contribution is 2.30. The summed E-state index contributed by atoms with van der Waals surface area (Å²) in [5.41, 5.74) is 1.28. The number of nitro groups is 1. The molecule has 2 atom stereocenters. The normalized spacial score (nSPS) is 13.4. The third kappa shape index (κ3) is 5.32. The number of carbonyl (C=O) groups is 1. The molecule has 8 nitrogen and oxygen atoms in total. The van der Waals surface area contributed by atoms with Crippen LogP contribution >= 0.6 is 0 Å². The van der Waals surface area contributed by atoms with E-state index in [1.807, 2.05) is 37.3 Å². The largest absolute Gasteiger partial charge is 0.348 e. The molecule has 0 radical (unpaired) electrons. The Balaban J connectivity index is 2.44. The number of hydrogen-bond acceptors (Lipinski definition) is 5. The highest BCUT2D eigenvalue weighted by molar-refractivity contribution is 7.92. The second kappa shape index (κ2) is 9.04. The molecule has 156 valence electrons. The number of rotatable bonds is 8. The number of non-ortho nitro benzene ring substituents is 1. The first-order valence-electron chi connectivity index (χ1n) is 9.16. The maximum absolute atomic E-state index is 13.0. The minimum atomic E-state index is -3.89. The van der Waals surface area contributed by atoms with Crippen molar-refractivity contribution in [2.45, 2.75) is 39.3 Å². The van der Waals surface area contributed by atoms with E-state index >= 15 is 0 Å². The number of nitrogens with zero attached hydrogens (tertiary/aromatic N) is 2. The van der Waals surface area contributed by atoms with E-state index < -0.39 is 26.9 Å². The zero-order valence-corrected chi connectivity index (χ0v) is 17.6. The Hall–Kier alpha value is -2.94. The molecular formula is C20H25N3O5S. The van der Waals surface area contributed by atoms with Crippen molar-refractivity contribution in [2.24, 2.45) is 0 Å². The fourth-order valence-electron chi connectivity index (χ4n) is 3.12. The van der Waals surface area contributed by atoms with Crippen molar-refractivity contribution in [1.82, 2.24) is 5.32 Å². The molecule has 2 aromatic rings. The van der Waals surface area contributed by atoms with E-state index in [2.05, 4.69) is 5.32 Å². The molecule has 29 heavy (non-hydrogen) atoms. The van der Waals surface area contributed by atoms with E-state index in [1.165, 1.54) is 18.2 Å². The van der Waals surface area contributed by atoms with Gasteiger partial charge in [-0.1, -0.05) is 43.3 Å². The summed E-state index contributed by atoms with van der Waals surface area (Å²) >= 11 is 0. The molecule has 1 N–H and O–H groups in total. The number of carbonyl (C=O) groups excluding carboxylic acids is 1. The topological polar surface area (TPSA) is 110 Å². The van der Waals surface area contributed by atoms with E-state index in [9.17, 15) is 23.3 Å². The molecule has 0 aliphatic rings. The van der Waals surface area contributed by atoms with E-state index in [1.54, 1.807) is 13.8 Å². The zero-order valence-electron chi connectivity index (χ0n) is 16.8. The summed E-state index contributed by atoms with van der Waals surface area (Å²) in [6.45, 7) is 5.15. The van der Waals surface area contributed by atoms with Gasteiger partial charge < -0.3 is 5.32 Å². The van der Waals surface area contributed by atoms with E-state index in [0.29, 0.717) is 5.56 Å². The van der Waals surface area contributed by atoms with Crippen LogP contribution in [-0.2, 0) is 14.8 Å². The Bertz CT molecular complexity index is 992. The number of aryl methyl sites for hydroxylation is 1. The second-order valence-corrected chi connectivity index (χ2v) is 8.71. The van der Waals surface area contributed by atoms with E-state index in [4.69, 9.17) is 0 Å². The van der Waals surface area contributed by atoms with Crippen LogP contribution in [0, 0.1) is 17.0 Å². The Morgan fingerprint density at radius 3 is 2.34 bits per heavy atom. The maximum atomic E-state index is 13.0. The minimum Gasteiger partial charge on any atom is -0.348 e. The molecule has 0 aromatic heterocycles. The van der Waals surface area contributed by atoms with Gasteiger partial charge in [0, 0.05) is 12.1 Å². The van der Waals surface area contributed by atoms with Crippen molar-refractivity contribution < 1.29 is 18.1 Å². The predicted molar refractivity (Wildman–Crippen MR) is 112 cm³/mol. The molecule has 2 unspecified atom stereocenters. The summed E-state index contributed by atoms with van der Waals surface area (Å²) in [7, 11) is -3.89. The number of benzene rings is 2. The van der Waals surface area contributed by atoms with Gasteiger partial charge >= 0.3 is 0 Å². The van der Waals surface area contributed by atoms with Crippen molar-refractivity contribution in [3.8, 4) is 0 Å². The van der Waals surface area contributed by atoms with Gasteiger partial charge in [0.15, 0.2) is 0 Å². The minimum absolute atomic E-state index is 0.121. The molecular weight excluding hydrogens is 394 g/mol. The summed E-state index contributed by atoms with van der Waals surface area (Å²) in [4.78, 5) is 23.6. The number of nitrogens with one attached hydrogen (secondary N) is 1. The molecule has 2 rings (SSSR count). The second-order valence-electron chi connectivity index (χ2n) is 6.85. The Kier molecular flexibility index (Phi) is 6.97. The Labute approximate surface area is 170 Å². The van der Waals surface area contributed by atoms with Crippen molar-refractivity contribution >= 4 is 27.3 Å². The van der Waals surface area contributed by atoms with E-state index in [-0.39, 0.29) is 23.8 Å². The van der Waals surface area contributed by atoms with Gasteiger partial charge in [-0.05, 0) is 31.4 Å². The zero-order chi connectivity index (χ0) is 21.8. The van der Waals surface area contributed by atoms with Crippen LogP contribution in [0.25, 0.3) is 0 Å². The molecule has 0 saturated heterocycles. The third-order valence-electron chi connectivity index (χ3n) is 4.63. The lowest BCUT2D eigenvalue weighted by Gasteiger charge is -2.32. The van der Waals surface area contributed by atoms with Crippen LogP contribution in [-0.4, -0.2) is 31.5 Å². The van der Waals surface area contributed by atoms with Gasteiger partial charge in [-0.15, -0.1) is 0 Å². The first-order valence-corrected chi connectivity index (χ1v) is 11.0. The van der Waals surface area contributed by atoms with Crippen LogP contribution in [0.4, 0.5) is 11.4 Å². The number of amides is 1. The summed E-state index contributed by atoms with van der Waals surface area (Å²) in [5.74, 6) is -0.472. The Morgan fingerprint density at radius 1 is 1.21 bits per heavy atom. The van der Waals surface area contributed by atoms with Gasteiger partial charge in [-0.3, -0.25) is 19.2 Å². The van der Waals surface area contributed by atoms with Crippen LogP contribution in [0.15, 0.2) is 48.5 Å². The first-order chi connectivity index (χ1) is 13.6. The fourth-order valence-corrected chi connectivity index (χ4v) is 4.38. The fraction of sp³-hybridized carbons (Fsp3) is 0.350. The monoisotopic (exact) mass is 419 g/mol. The quantitative estimate of drug-likeness (QED) is 0.521. The first kappa shape index (κ1) is 22.4. The summed E-state index contributed by atoms with van der Waals surface area (Å²) < 4.78 is 26.2. The standard InChI is InChI=1S/C20H25N3O5S/c1-5-18(20(24)21-15(3)16-9-7-6-8-10-16)22(29(4,27)28)19-13-17(23(25)26)12-11-14(19)2/h6-13,15,18H,5H2,1-4H3,(H,21,24). The van der Waals surface area contributed by atoms with Gasteiger partial charge in [-0.25, -0.2) is 8.42 Å². The van der Waals surface area contributed by atoms with Crippen LogP contribution < -0.4 is 9.62 Å². The lowest BCUT2D eigenvalue weighted by Crippen LogP contribution is -2.50. The number of nitro benzene ring substituents is 1. The molecule has 9 heteroatoms. The highest BCUT2D eigenvalue weighted by Gasteiger charge is 2.33. The molecule has 1 amide bonds. The summed E-state index contributed by atoms with van der Waals surface area (Å²) in [6, 6.07) is 11.9. The Morgan fingerprint density at radius 2 is 1.83 bits per heavy atom. The molecule has 0 aliphatic heterocycles. The van der Waals surface area contributed by atoms with Gasteiger partial charge in [0.2, 0.25) is 15.9 Å². The molecule has 0 spiro atoms. The summed E-state index contributed by atoms with van der Waals surface area (Å²) in [6.07, 6.45) is 1.18. The highest BCUT2D eigenvalue weighted by atomic mass is 32.2. The smallest absolute Gasteiger partial charge is 0.271 e. The lowest BCUT2D eigenvalue weighted by molar-refractivity contribution is -0.384. The average molecular weight is 420 g/mol.